The Kier molecular flexibility index (Phi) is 3.60. The molecule has 3 nitrogen and oxygen atoms in total. The summed E-state index contributed by atoms with van der Waals surface area (Å²) >= 11 is 0. The topological polar surface area (TPSA) is 43.4 Å². The van der Waals surface area contributed by atoms with E-state index in [-0.39, 0.29) is 23.8 Å². The number of carbonyl (C=O) groups is 2. The highest BCUT2D eigenvalue weighted by Crippen LogP contribution is 2.34. The van der Waals surface area contributed by atoms with Crippen molar-refractivity contribution in [1.29, 1.82) is 0 Å². The molecule has 0 fully saturated rings. The van der Waals surface area contributed by atoms with E-state index in [9.17, 15) is 9.59 Å². The molecule has 94 valence electrons. The number of hydrogen-bond acceptors (Lipinski definition) is 3. The summed E-state index contributed by atoms with van der Waals surface area (Å²) in [6.07, 6.45) is 4.59. The first-order valence-corrected chi connectivity index (χ1v) is 5.99. The lowest BCUT2D eigenvalue weighted by atomic mass is 9.82. The molecular weight excluding hydrogens is 228 g/mol. The average molecular weight is 244 g/mol. The van der Waals surface area contributed by atoms with Crippen LogP contribution >= 0.6 is 0 Å². The molecule has 0 aromatic heterocycles. The van der Waals surface area contributed by atoms with Gasteiger partial charge in [-0.25, -0.2) is 0 Å². The highest BCUT2D eigenvalue weighted by atomic mass is 16.5. The van der Waals surface area contributed by atoms with Gasteiger partial charge in [0.25, 0.3) is 0 Å². The lowest BCUT2D eigenvalue weighted by Gasteiger charge is -2.26. The van der Waals surface area contributed by atoms with E-state index in [1.807, 2.05) is 36.4 Å². The number of hydrogen-bond donors (Lipinski definition) is 0. The van der Waals surface area contributed by atoms with Gasteiger partial charge in [-0.05, 0) is 18.1 Å². The first-order chi connectivity index (χ1) is 8.60. The Morgan fingerprint density at radius 1 is 1.33 bits per heavy atom. The van der Waals surface area contributed by atoms with Gasteiger partial charge < -0.3 is 4.74 Å². The van der Waals surface area contributed by atoms with Crippen molar-refractivity contribution in [2.45, 2.75) is 19.8 Å². The van der Waals surface area contributed by atoms with Crippen molar-refractivity contribution in [2.75, 3.05) is 6.61 Å². The number of benzene rings is 1. The van der Waals surface area contributed by atoms with Crippen molar-refractivity contribution >= 4 is 11.8 Å². The van der Waals surface area contributed by atoms with E-state index in [1.54, 1.807) is 6.08 Å². The lowest BCUT2D eigenvalue weighted by Crippen LogP contribution is -2.27. The fraction of sp³-hybridized carbons (Fsp3) is 0.333. The lowest BCUT2D eigenvalue weighted by molar-refractivity contribution is -0.144. The van der Waals surface area contributed by atoms with Gasteiger partial charge in [-0.3, -0.25) is 9.59 Å². The molecule has 0 saturated carbocycles. The van der Waals surface area contributed by atoms with Crippen molar-refractivity contribution in [3.8, 4) is 0 Å². The van der Waals surface area contributed by atoms with Crippen LogP contribution in [0.2, 0.25) is 0 Å². The number of allylic oxidation sites excluding steroid dienone is 1. The molecule has 0 N–H and O–H groups in total. The van der Waals surface area contributed by atoms with Gasteiger partial charge in [0, 0.05) is 18.8 Å². The van der Waals surface area contributed by atoms with Crippen molar-refractivity contribution in [1.82, 2.24) is 0 Å². The van der Waals surface area contributed by atoms with Crippen molar-refractivity contribution in [2.24, 2.45) is 5.41 Å². The molecule has 0 saturated heterocycles. The molecule has 0 spiro atoms. The Morgan fingerprint density at radius 3 is 2.61 bits per heavy atom. The third-order valence-corrected chi connectivity index (χ3v) is 3.11. The zero-order valence-electron chi connectivity index (χ0n) is 10.4. The zero-order chi connectivity index (χ0) is 13.0. The number of ether oxygens (including phenoxy) is 1. The fourth-order valence-electron chi connectivity index (χ4n) is 2.25. The van der Waals surface area contributed by atoms with Crippen LogP contribution in [0.15, 0.2) is 42.5 Å². The van der Waals surface area contributed by atoms with Gasteiger partial charge in [0.1, 0.15) is 6.61 Å². The summed E-state index contributed by atoms with van der Waals surface area (Å²) < 4.78 is 5.11. The Labute approximate surface area is 106 Å². The summed E-state index contributed by atoms with van der Waals surface area (Å²) in [6, 6.07) is 9.93. The molecule has 0 bridgehead atoms. The molecule has 0 heterocycles. The van der Waals surface area contributed by atoms with Gasteiger partial charge in [-0.2, -0.15) is 0 Å². The second-order valence-electron chi connectivity index (χ2n) is 4.78. The maximum atomic E-state index is 11.5. The molecule has 1 aromatic rings. The van der Waals surface area contributed by atoms with E-state index in [4.69, 9.17) is 4.74 Å². The van der Waals surface area contributed by atoms with Crippen molar-refractivity contribution < 1.29 is 14.3 Å². The molecule has 0 aliphatic heterocycles. The summed E-state index contributed by atoms with van der Waals surface area (Å²) in [6.45, 7) is 1.65. The molecule has 1 unspecified atom stereocenters. The minimum Gasteiger partial charge on any atom is -0.465 e. The third-order valence-electron chi connectivity index (χ3n) is 3.11. The fourth-order valence-corrected chi connectivity index (χ4v) is 2.25. The smallest absolute Gasteiger partial charge is 0.302 e. The molecule has 0 radical (unpaired) electrons. The van der Waals surface area contributed by atoms with Gasteiger partial charge in [0.05, 0.1) is 0 Å². The van der Waals surface area contributed by atoms with Crippen LogP contribution in [0, 0.1) is 5.41 Å². The predicted octanol–water partition coefficient (Wildman–Crippen LogP) is 2.31. The molecule has 2 rings (SSSR count). The van der Waals surface area contributed by atoms with Gasteiger partial charge in [0.15, 0.2) is 5.78 Å². The van der Waals surface area contributed by atoms with E-state index < -0.39 is 0 Å². The van der Waals surface area contributed by atoms with Gasteiger partial charge in [-0.15, -0.1) is 0 Å². The zero-order valence-corrected chi connectivity index (χ0v) is 10.4. The molecule has 1 aromatic carbocycles. The SMILES string of the molecule is CC(=O)OCC1(Cc2ccccc2)C=CC(=O)C1. The van der Waals surface area contributed by atoms with E-state index in [0.29, 0.717) is 12.8 Å². The largest absolute Gasteiger partial charge is 0.465 e. The van der Waals surface area contributed by atoms with Crippen LogP contribution in [0.1, 0.15) is 18.9 Å². The summed E-state index contributed by atoms with van der Waals surface area (Å²) in [5.74, 6) is -0.215. The average Bonchev–Trinajstić information content (AvgIpc) is 2.70. The molecule has 0 amide bonds. The predicted molar refractivity (Wildman–Crippen MR) is 68.0 cm³/mol. The van der Waals surface area contributed by atoms with Crippen molar-refractivity contribution in [3.05, 3.63) is 48.0 Å². The minimum absolute atomic E-state index is 0.0954. The van der Waals surface area contributed by atoms with E-state index >= 15 is 0 Å². The summed E-state index contributed by atoms with van der Waals surface area (Å²) in [4.78, 5) is 22.4. The monoisotopic (exact) mass is 244 g/mol. The van der Waals surface area contributed by atoms with Gasteiger partial charge >= 0.3 is 5.97 Å². The summed E-state index contributed by atoms with van der Waals surface area (Å²) in [5.41, 5.74) is 0.772. The molecular formula is C15H16O3. The van der Waals surface area contributed by atoms with E-state index in [2.05, 4.69) is 0 Å². The summed E-state index contributed by atoms with van der Waals surface area (Å²) in [7, 11) is 0. The highest BCUT2D eigenvalue weighted by molar-refractivity contribution is 5.93. The van der Waals surface area contributed by atoms with Crippen LogP contribution in [0.4, 0.5) is 0 Å². The quantitative estimate of drug-likeness (QED) is 0.763. The van der Waals surface area contributed by atoms with Crippen LogP contribution in [0.5, 0.6) is 0 Å². The van der Waals surface area contributed by atoms with Crippen LogP contribution in [0.3, 0.4) is 0 Å². The normalized spacial score (nSPS) is 22.2. The maximum absolute atomic E-state index is 11.5. The Balaban J connectivity index is 2.13. The maximum Gasteiger partial charge on any atom is 0.302 e. The third kappa shape index (κ3) is 3.06. The Bertz CT molecular complexity index is 476. The first kappa shape index (κ1) is 12.6. The second-order valence-corrected chi connectivity index (χ2v) is 4.78. The molecule has 18 heavy (non-hydrogen) atoms. The molecule has 1 aliphatic rings. The number of carbonyl (C=O) groups excluding carboxylic acids is 2. The number of rotatable bonds is 4. The van der Waals surface area contributed by atoms with Crippen LogP contribution in [0.25, 0.3) is 0 Å². The van der Waals surface area contributed by atoms with Crippen molar-refractivity contribution in [3.63, 3.8) is 0 Å². The molecule has 1 aliphatic carbocycles. The number of ketones is 1. The van der Waals surface area contributed by atoms with Crippen LogP contribution < -0.4 is 0 Å². The Hall–Kier alpha value is -1.90. The van der Waals surface area contributed by atoms with E-state index in [1.165, 1.54) is 6.92 Å². The Morgan fingerprint density at radius 2 is 2.06 bits per heavy atom. The molecule has 1 atom stereocenters. The first-order valence-electron chi connectivity index (χ1n) is 5.99. The minimum atomic E-state index is -0.371. The second kappa shape index (κ2) is 5.17. The highest BCUT2D eigenvalue weighted by Gasteiger charge is 2.35. The van der Waals surface area contributed by atoms with Crippen LogP contribution in [-0.2, 0) is 20.7 Å². The number of esters is 1. The molecule has 3 heteroatoms. The standard InChI is InChI=1S/C15H16O3/c1-12(16)18-11-15(8-7-14(17)10-15)9-13-5-3-2-4-6-13/h2-8H,9-11H2,1H3. The van der Waals surface area contributed by atoms with Gasteiger partial charge in [0.2, 0.25) is 0 Å². The van der Waals surface area contributed by atoms with Crippen LogP contribution in [-0.4, -0.2) is 18.4 Å². The van der Waals surface area contributed by atoms with E-state index in [0.717, 1.165) is 5.56 Å². The summed E-state index contributed by atoms with van der Waals surface area (Å²) in [5, 5.41) is 0. The van der Waals surface area contributed by atoms with Gasteiger partial charge in [-0.1, -0.05) is 36.4 Å².